The Labute approximate surface area is 141 Å². The maximum atomic E-state index is 11.9. The molecule has 1 fully saturated rings. The van der Waals surface area contributed by atoms with E-state index in [4.69, 9.17) is 5.11 Å². The number of halogens is 4. The molecule has 0 amide bonds. The lowest BCUT2D eigenvalue weighted by atomic mass is 10.0. The molecule has 5 nitrogen and oxygen atoms in total. The van der Waals surface area contributed by atoms with Crippen molar-refractivity contribution in [2.75, 3.05) is 45.9 Å². The van der Waals surface area contributed by atoms with Gasteiger partial charge in [-0.2, -0.15) is 13.2 Å². The van der Waals surface area contributed by atoms with Crippen LogP contribution < -0.4 is 0 Å². The second kappa shape index (κ2) is 11.1. The molecule has 1 N–H and O–H groups in total. The largest absolute Gasteiger partial charge is 0.480 e. The first-order chi connectivity index (χ1) is 10.3. The average Bonchev–Trinajstić information content (AvgIpc) is 2.44. The summed E-state index contributed by atoms with van der Waals surface area (Å²) in [5.41, 5.74) is 0. The number of alkyl halides is 3. The molecular formula is C14H26ClF3N2O3. The van der Waals surface area contributed by atoms with E-state index in [9.17, 15) is 18.0 Å². The molecule has 0 aromatic carbocycles. The molecule has 1 heterocycles. The van der Waals surface area contributed by atoms with Crippen molar-refractivity contribution in [2.24, 2.45) is 0 Å². The zero-order valence-corrected chi connectivity index (χ0v) is 14.2. The minimum Gasteiger partial charge on any atom is -0.480 e. The Morgan fingerprint density at radius 3 is 2.43 bits per heavy atom. The van der Waals surface area contributed by atoms with Gasteiger partial charge in [-0.05, 0) is 38.9 Å². The number of likely N-dealkylation sites (N-methyl/N-ethyl adjacent to an activating group) is 1. The van der Waals surface area contributed by atoms with Crippen molar-refractivity contribution in [3.05, 3.63) is 0 Å². The van der Waals surface area contributed by atoms with E-state index in [2.05, 4.69) is 9.64 Å². The molecule has 1 aliphatic heterocycles. The van der Waals surface area contributed by atoms with Crippen molar-refractivity contribution in [1.82, 2.24) is 9.80 Å². The fourth-order valence-electron chi connectivity index (χ4n) is 2.76. The van der Waals surface area contributed by atoms with E-state index in [0.29, 0.717) is 13.0 Å². The van der Waals surface area contributed by atoms with Gasteiger partial charge < -0.3 is 14.7 Å². The van der Waals surface area contributed by atoms with Crippen LogP contribution in [-0.2, 0) is 9.53 Å². The number of rotatable bonds is 9. The Morgan fingerprint density at radius 1 is 1.35 bits per heavy atom. The number of piperidine rings is 1. The Morgan fingerprint density at radius 2 is 1.96 bits per heavy atom. The van der Waals surface area contributed by atoms with Crippen LogP contribution in [0.3, 0.4) is 0 Å². The maximum absolute atomic E-state index is 11.9. The third kappa shape index (κ3) is 10.0. The molecule has 9 heteroatoms. The fourth-order valence-corrected chi connectivity index (χ4v) is 2.76. The molecule has 0 atom stereocenters. The van der Waals surface area contributed by atoms with Gasteiger partial charge in [-0.25, -0.2) is 0 Å². The number of aliphatic carboxylic acids is 1. The van der Waals surface area contributed by atoms with E-state index in [0.717, 1.165) is 32.5 Å². The van der Waals surface area contributed by atoms with Crippen LogP contribution in [0.5, 0.6) is 0 Å². The highest BCUT2D eigenvalue weighted by molar-refractivity contribution is 5.85. The number of carbonyl (C=O) groups is 1. The van der Waals surface area contributed by atoms with Gasteiger partial charge in [0, 0.05) is 19.2 Å². The van der Waals surface area contributed by atoms with Crippen LogP contribution in [-0.4, -0.2) is 79.0 Å². The summed E-state index contributed by atoms with van der Waals surface area (Å²) in [6.07, 6.45) is -1.89. The van der Waals surface area contributed by atoms with Gasteiger partial charge in [0.25, 0.3) is 0 Å². The van der Waals surface area contributed by atoms with E-state index in [1.54, 1.807) is 0 Å². The highest BCUT2D eigenvalue weighted by Gasteiger charge is 2.27. The van der Waals surface area contributed by atoms with Gasteiger partial charge in [0.05, 0.1) is 6.54 Å². The molecule has 0 bridgehead atoms. The van der Waals surface area contributed by atoms with Crippen LogP contribution in [0.25, 0.3) is 0 Å². The first-order valence-electron chi connectivity index (χ1n) is 7.64. The standard InChI is InChI=1S/C14H25F3N2O3.ClH/c1-2-19(10-13(20)21)12-4-7-18(8-5-12)6-3-9-22-11-14(15,16)17;/h12H,2-11H2,1H3,(H,20,21);1H. The molecule has 0 aromatic heterocycles. The quantitative estimate of drug-likeness (QED) is 0.638. The molecule has 1 saturated heterocycles. The molecule has 1 aliphatic rings. The maximum Gasteiger partial charge on any atom is 0.411 e. The molecular weight excluding hydrogens is 337 g/mol. The predicted molar refractivity (Wildman–Crippen MR) is 83.1 cm³/mol. The van der Waals surface area contributed by atoms with Gasteiger partial charge in [0.2, 0.25) is 0 Å². The number of hydrogen-bond acceptors (Lipinski definition) is 4. The number of ether oxygens (including phenoxy) is 1. The van der Waals surface area contributed by atoms with Gasteiger partial charge in [0.1, 0.15) is 6.61 Å². The molecule has 0 saturated carbocycles. The Balaban J connectivity index is 0.00000484. The summed E-state index contributed by atoms with van der Waals surface area (Å²) in [6, 6.07) is 0.277. The van der Waals surface area contributed by atoms with Crippen LogP contribution in [0.2, 0.25) is 0 Å². The second-order valence-corrected chi connectivity index (χ2v) is 5.55. The number of hydrogen-bond donors (Lipinski definition) is 1. The summed E-state index contributed by atoms with van der Waals surface area (Å²) in [7, 11) is 0. The van der Waals surface area contributed by atoms with Gasteiger partial charge in [0.15, 0.2) is 0 Å². The van der Waals surface area contributed by atoms with Crippen LogP contribution >= 0.6 is 12.4 Å². The van der Waals surface area contributed by atoms with E-state index in [-0.39, 0.29) is 31.6 Å². The normalized spacial score (nSPS) is 17.3. The summed E-state index contributed by atoms with van der Waals surface area (Å²) in [5, 5.41) is 8.88. The zero-order chi connectivity index (χ0) is 16.6. The van der Waals surface area contributed by atoms with Crippen molar-refractivity contribution in [3.63, 3.8) is 0 Å². The van der Waals surface area contributed by atoms with E-state index < -0.39 is 18.8 Å². The third-order valence-corrected chi connectivity index (χ3v) is 3.85. The molecule has 0 aromatic rings. The number of nitrogens with zero attached hydrogens (tertiary/aromatic N) is 2. The minimum absolute atomic E-state index is 0. The number of carboxylic acids is 1. The lowest BCUT2D eigenvalue weighted by molar-refractivity contribution is -0.174. The molecule has 0 unspecified atom stereocenters. The lowest BCUT2D eigenvalue weighted by Gasteiger charge is -2.37. The predicted octanol–water partition coefficient (Wildman–Crippen LogP) is 2.25. The zero-order valence-electron chi connectivity index (χ0n) is 13.3. The van der Waals surface area contributed by atoms with Crippen LogP contribution in [0.4, 0.5) is 13.2 Å². The van der Waals surface area contributed by atoms with Crippen molar-refractivity contribution in [2.45, 2.75) is 38.4 Å². The second-order valence-electron chi connectivity index (χ2n) is 5.55. The van der Waals surface area contributed by atoms with Crippen molar-refractivity contribution in [1.29, 1.82) is 0 Å². The molecule has 23 heavy (non-hydrogen) atoms. The van der Waals surface area contributed by atoms with E-state index >= 15 is 0 Å². The van der Waals surface area contributed by atoms with Gasteiger partial charge in [-0.1, -0.05) is 6.92 Å². The molecule has 0 radical (unpaired) electrons. The van der Waals surface area contributed by atoms with Crippen molar-refractivity contribution < 1.29 is 27.8 Å². The number of carboxylic acid groups (broad SMARTS) is 1. The minimum atomic E-state index is -4.26. The Hall–Kier alpha value is -0.570. The summed E-state index contributed by atoms with van der Waals surface area (Å²) in [4.78, 5) is 15.0. The summed E-state index contributed by atoms with van der Waals surface area (Å²) >= 11 is 0. The van der Waals surface area contributed by atoms with Crippen LogP contribution in [0, 0.1) is 0 Å². The van der Waals surface area contributed by atoms with Crippen LogP contribution in [0.15, 0.2) is 0 Å². The molecule has 0 aliphatic carbocycles. The Bertz CT molecular complexity index is 338. The number of likely N-dealkylation sites (tertiary alicyclic amines) is 1. The van der Waals surface area contributed by atoms with E-state index in [1.165, 1.54) is 0 Å². The van der Waals surface area contributed by atoms with Gasteiger partial charge in [-0.15, -0.1) is 12.4 Å². The summed E-state index contributed by atoms with van der Waals surface area (Å²) in [5.74, 6) is -0.814. The highest BCUT2D eigenvalue weighted by atomic mass is 35.5. The highest BCUT2D eigenvalue weighted by Crippen LogP contribution is 2.17. The van der Waals surface area contributed by atoms with Gasteiger partial charge in [-0.3, -0.25) is 9.69 Å². The lowest BCUT2D eigenvalue weighted by Crippen LogP contribution is -2.46. The van der Waals surface area contributed by atoms with E-state index in [1.807, 2.05) is 11.8 Å². The van der Waals surface area contributed by atoms with Gasteiger partial charge >= 0.3 is 12.1 Å². The first-order valence-corrected chi connectivity index (χ1v) is 7.64. The van der Waals surface area contributed by atoms with Crippen molar-refractivity contribution in [3.8, 4) is 0 Å². The average molecular weight is 363 g/mol. The van der Waals surface area contributed by atoms with Crippen molar-refractivity contribution >= 4 is 18.4 Å². The SMILES string of the molecule is CCN(CC(=O)O)C1CCN(CCCOCC(F)(F)F)CC1.Cl. The van der Waals surface area contributed by atoms with Crippen LogP contribution in [0.1, 0.15) is 26.2 Å². The summed E-state index contributed by atoms with van der Waals surface area (Å²) in [6.45, 7) is 4.06. The molecule has 138 valence electrons. The smallest absolute Gasteiger partial charge is 0.411 e. The fraction of sp³-hybridized carbons (Fsp3) is 0.929. The molecule has 1 rings (SSSR count). The Kier molecular flexibility index (Phi) is 10.8. The third-order valence-electron chi connectivity index (χ3n) is 3.85. The topological polar surface area (TPSA) is 53.0 Å². The molecule has 0 spiro atoms. The monoisotopic (exact) mass is 362 g/mol. The first kappa shape index (κ1) is 22.4. The summed E-state index contributed by atoms with van der Waals surface area (Å²) < 4.78 is 40.3.